The highest BCUT2D eigenvalue weighted by Gasteiger charge is 2.35. The van der Waals surface area contributed by atoms with E-state index in [-0.39, 0.29) is 39.9 Å². The molecule has 0 bridgehead atoms. The largest absolute Gasteiger partial charge is 0.495 e. The average Bonchev–Trinajstić information content (AvgIpc) is 3.03. The molecule has 4 aromatic carbocycles. The van der Waals surface area contributed by atoms with Gasteiger partial charge in [0.15, 0.2) is 0 Å². The lowest BCUT2D eigenvalue weighted by Gasteiger charge is -2.34. The fraction of sp³-hybridized carbons (Fsp3) is 0.212. The summed E-state index contributed by atoms with van der Waals surface area (Å²) < 4.78 is 49.5. The summed E-state index contributed by atoms with van der Waals surface area (Å²) in [7, 11) is -2.98. The van der Waals surface area contributed by atoms with Gasteiger partial charge in [-0.15, -0.1) is 0 Å². The summed E-state index contributed by atoms with van der Waals surface area (Å²) in [6.45, 7) is 1.03. The number of nitrogens with zero attached hydrogens (tertiary/aromatic N) is 2. The number of anilines is 1. The first-order chi connectivity index (χ1) is 21.1. The Morgan fingerprint density at radius 2 is 1.57 bits per heavy atom. The van der Waals surface area contributed by atoms with Crippen molar-refractivity contribution in [2.45, 2.75) is 30.8 Å². The number of sulfonamides is 1. The van der Waals surface area contributed by atoms with E-state index in [0.29, 0.717) is 6.54 Å². The van der Waals surface area contributed by atoms with Crippen molar-refractivity contribution in [1.29, 1.82) is 0 Å². The zero-order valence-electron chi connectivity index (χ0n) is 24.3. The number of amides is 2. The number of carbonyl (C=O) groups is 2. The van der Waals surface area contributed by atoms with E-state index >= 15 is 0 Å². The van der Waals surface area contributed by atoms with Crippen molar-refractivity contribution in [2.75, 3.05) is 24.5 Å². The molecule has 0 aliphatic rings. The summed E-state index contributed by atoms with van der Waals surface area (Å²) in [6, 6.07) is 26.0. The van der Waals surface area contributed by atoms with E-state index in [1.165, 1.54) is 60.5 Å². The lowest BCUT2D eigenvalue weighted by molar-refractivity contribution is -0.140. The SMILES string of the molecule is CCNC(=O)[C@@H](Cc1ccccc1)N(Cc1ccccc1F)C(=O)CN(c1cc(Cl)ccc1OC)S(=O)(=O)c1ccccc1. The Morgan fingerprint density at radius 1 is 0.932 bits per heavy atom. The van der Waals surface area contributed by atoms with Gasteiger partial charge in [0.25, 0.3) is 10.0 Å². The van der Waals surface area contributed by atoms with Crippen molar-refractivity contribution in [3.63, 3.8) is 0 Å². The standard InChI is InChI=1S/C33H33ClFN3O5S/c1-3-36-33(40)30(20-24-12-6-4-7-13-24)37(22-25-14-10-11-17-28(25)35)32(39)23-38(29-21-26(34)18-19-31(29)43-2)44(41,42)27-15-8-5-9-16-27/h4-19,21,30H,3,20,22-23H2,1-2H3,(H,36,40)/t30-/m1/s1. The maximum Gasteiger partial charge on any atom is 0.264 e. The second-order valence-corrected chi connectivity index (χ2v) is 12.2. The Balaban J connectivity index is 1.85. The van der Waals surface area contributed by atoms with Gasteiger partial charge in [-0.2, -0.15) is 0 Å². The van der Waals surface area contributed by atoms with E-state index in [0.717, 1.165) is 9.87 Å². The van der Waals surface area contributed by atoms with Crippen LogP contribution in [-0.2, 0) is 32.6 Å². The van der Waals surface area contributed by atoms with Gasteiger partial charge in [-0.25, -0.2) is 12.8 Å². The lowest BCUT2D eigenvalue weighted by atomic mass is 10.0. The number of ether oxygens (including phenoxy) is 1. The molecule has 8 nitrogen and oxygen atoms in total. The van der Waals surface area contributed by atoms with Gasteiger partial charge >= 0.3 is 0 Å². The predicted molar refractivity (Wildman–Crippen MR) is 169 cm³/mol. The van der Waals surface area contributed by atoms with Crippen LogP contribution in [0, 0.1) is 5.82 Å². The Hall–Kier alpha value is -4.41. The van der Waals surface area contributed by atoms with Crippen LogP contribution in [-0.4, -0.2) is 51.4 Å². The Bertz CT molecular complexity index is 1690. The molecule has 0 fully saturated rings. The molecule has 0 radical (unpaired) electrons. The molecule has 1 N–H and O–H groups in total. The van der Waals surface area contributed by atoms with Gasteiger partial charge < -0.3 is 15.0 Å². The van der Waals surface area contributed by atoms with E-state index in [1.807, 2.05) is 30.3 Å². The molecule has 44 heavy (non-hydrogen) atoms. The van der Waals surface area contributed by atoms with Gasteiger partial charge in [-0.05, 0) is 48.9 Å². The van der Waals surface area contributed by atoms with Crippen LogP contribution in [0.25, 0.3) is 0 Å². The summed E-state index contributed by atoms with van der Waals surface area (Å²) in [5, 5.41) is 2.99. The Labute approximate surface area is 262 Å². The molecule has 0 aliphatic heterocycles. The van der Waals surface area contributed by atoms with E-state index in [4.69, 9.17) is 16.3 Å². The van der Waals surface area contributed by atoms with Crippen LogP contribution in [0.15, 0.2) is 108 Å². The molecule has 0 spiro atoms. The first-order valence-corrected chi connectivity index (χ1v) is 15.7. The fourth-order valence-corrected chi connectivity index (χ4v) is 6.35. The van der Waals surface area contributed by atoms with Crippen LogP contribution in [0.1, 0.15) is 18.1 Å². The third kappa shape index (κ3) is 7.75. The lowest BCUT2D eigenvalue weighted by Crippen LogP contribution is -2.53. The van der Waals surface area contributed by atoms with Gasteiger partial charge in [0.2, 0.25) is 11.8 Å². The van der Waals surface area contributed by atoms with Crippen molar-refractivity contribution in [1.82, 2.24) is 10.2 Å². The van der Waals surface area contributed by atoms with Crippen molar-refractivity contribution in [2.24, 2.45) is 0 Å². The molecule has 4 rings (SSSR count). The summed E-state index contributed by atoms with van der Waals surface area (Å²) >= 11 is 6.29. The van der Waals surface area contributed by atoms with Crippen LogP contribution in [0.3, 0.4) is 0 Å². The number of likely N-dealkylation sites (N-methyl/N-ethyl adjacent to an activating group) is 1. The van der Waals surface area contributed by atoms with Crippen LogP contribution in [0.4, 0.5) is 10.1 Å². The van der Waals surface area contributed by atoms with Gasteiger partial charge in [0.1, 0.15) is 24.2 Å². The van der Waals surface area contributed by atoms with Crippen LogP contribution >= 0.6 is 11.6 Å². The number of nitrogens with one attached hydrogen (secondary N) is 1. The molecule has 2 amide bonds. The summed E-state index contributed by atoms with van der Waals surface area (Å²) in [5.41, 5.74) is 0.960. The third-order valence-corrected chi connectivity index (χ3v) is 8.95. The monoisotopic (exact) mass is 637 g/mol. The van der Waals surface area contributed by atoms with Crippen LogP contribution < -0.4 is 14.4 Å². The zero-order valence-corrected chi connectivity index (χ0v) is 25.9. The Morgan fingerprint density at radius 3 is 2.20 bits per heavy atom. The minimum Gasteiger partial charge on any atom is -0.495 e. The minimum atomic E-state index is -4.36. The summed E-state index contributed by atoms with van der Waals surface area (Å²) in [5.74, 6) is -1.60. The number of hydrogen-bond donors (Lipinski definition) is 1. The Kier molecular flexibility index (Phi) is 11.0. The molecule has 4 aromatic rings. The highest BCUT2D eigenvalue weighted by molar-refractivity contribution is 7.92. The molecule has 1 atom stereocenters. The molecule has 0 saturated carbocycles. The minimum absolute atomic E-state index is 0.0284. The highest BCUT2D eigenvalue weighted by atomic mass is 35.5. The first-order valence-electron chi connectivity index (χ1n) is 13.9. The van der Waals surface area contributed by atoms with Crippen LogP contribution in [0.5, 0.6) is 5.75 Å². The van der Waals surface area contributed by atoms with E-state index in [9.17, 15) is 22.4 Å². The predicted octanol–water partition coefficient (Wildman–Crippen LogP) is 5.46. The molecule has 0 saturated heterocycles. The van der Waals surface area contributed by atoms with Crippen LogP contribution in [0.2, 0.25) is 5.02 Å². The number of hydrogen-bond acceptors (Lipinski definition) is 5. The maximum absolute atomic E-state index is 15.0. The van der Waals surface area contributed by atoms with E-state index in [1.54, 1.807) is 31.2 Å². The molecule has 0 aliphatic carbocycles. The highest BCUT2D eigenvalue weighted by Crippen LogP contribution is 2.35. The number of carbonyl (C=O) groups excluding carboxylic acids is 2. The van der Waals surface area contributed by atoms with Gasteiger partial charge in [-0.1, -0.05) is 78.3 Å². The fourth-order valence-electron chi connectivity index (χ4n) is 4.75. The third-order valence-electron chi connectivity index (χ3n) is 6.94. The average molecular weight is 638 g/mol. The van der Waals surface area contributed by atoms with Gasteiger partial charge in [0, 0.05) is 30.1 Å². The molecule has 0 unspecified atom stereocenters. The molecular formula is C33H33ClFN3O5S. The first kappa shape index (κ1) is 32.5. The molecule has 0 aromatic heterocycles. The number of benzene rings is 4. The quantitative estimate of drug-likeness (QED) is 0.210. The zero-order chi connectivity index (χ0) is 31.7. The molecule has 230 valence electrons. The summed E-state index contributed by atoms with van der Waals surface area (Å²) in [4.78, 5) is 29.1. The number of rotatable bonds is 13. The number of methoxy groups -OCH3 is 1. The van der Waals surface area contributed by atoms with Crippen molar-refractivity contribution in [3.05, 3.63) is 125 Å². The number of halogens is 2. The maximum atomic E-state index is 15.0. The van der Waals surface area contributed by atoms with E-state index < -0.39 is 40.2 Å². The van der Waals surface area contributed by atoms with Gasteiger partial charge in [0.05, 0.1) is 17.7 Å². The van der Waals surface area contributed by atoms with Crippen molar-refractivity contribution >= 4 is 39.1 Å². The second-order valence-electron chi connectivity index (χ2n) is 9.85. The molecular weight excluding hydrogens is 605 g/mol. The topological polar surface area (TPSA) is 96.0 Å². The van der Waals surface area contributed by atoms with Crippen molar-refractivity contribution in [3.8, 4) is 5.75 Å². The van der Waals surface area contributed by atoms with Crippen molar-refractivity contribution < 1.29 is 27.1 Å². The van der Waals surface area contributed by atoms with E-state index in [2.05, 4.69) is 5.32 Å². The summed E-state index contributed by atoms with van der Waals surface area (Å²) in [6.07, 6.45) is 0.110. The smallest absolute Gasteiger partial charge is 0.264 e. The molecule has 11 heteroatoms. The molecule has 0 heterocycles. The van der Waals surface area contributed by atoms with Gasteiger partial charge in [-0.3, -0.25) is 13.9 Å². The second kappa shape index (κ2) is 14.9. The normalized spacial score (nSPS) is 11.8.